The van der Waals surface area contributed by atoms with Gasteiger partial charge in [-0.15, -0.1) is 0 Å². The second-order valence-corrected chi connectivity index (χ2v) is 9.66. The summed E-state index contributed by atoms with van der Waals surface area (Å²) in [5.74, 6) is 1.04. The lowest BCUT2D eigenvalue weighted by molar-refractivity contribution is 0.289. The van der Waals surface area contributed by atoms with Crippen LogP contribution in [0.5, 0.6) is 0 Å². The first-order chi connectivity index (χ1) is 5.67. The fourth-order valence-electron chi connectivity index (χ4n) is 0.874. The molecule has 0 N–H and O–H groups in total. The normalized spacial score (nSPS) is 14.2. The molecule has 13 heavy (non-hydrogen) atoms. The van der Waals surface area contributed by atoms with Gasteiger partial charge in [0.05, 0.1) is 5.76 Å². The van der Waals surface area contributed by atoms with E-state index in [2.05, 4.69) is 47.0 Å². The zero-order chi connectivity index (χ0) is 10.7. The van der Waals surface area contributed by atoms with Gasteiger partial charge in [-0.1, -0.05) is 33.4 Å². The average molecular weight is 198 g/mol. The van der Waals surface area contributed by atoms with Crippen LogP contribution in [0, 0.1) is 5.41 Å². The van der Waals surface area contributed by atoms with Crippen LogP contribution >= 0.6 is 0 Å². The van der Waals surface area contributed by atoms with E-state index in [0.717, 1.165) is 5.76 Å². The Morgan fingerprint density at radius 2 is 1.69 bits per heavy atom. The fourth-order valence-corrected chi connectivity index (χ4v) is 1.91. The zero-order valence-electron chi connectivity index (χ0n) is 9.77. The van der Waals surface area contributed by atoms with Crippen molar-refractivity contribution in [2.45, 2.75) is 40.4 Å². The van der Waals surface area contributed by atoms with Crippen LogP contribution in [0.15, 0.2) is 24.5 Å². The molecular weight excluding hydrogens is 176 g/mol. The van der Waals surface area contributed by atoms with Gasteiger partial charge in [0, 0.05) is 5.41 Å². The summed E-state index contributed by atoms with van der Waals surface area (Å²) in [6.45, 7) is 16.7. The summed E-state index contributed by atoms with van der Waals surface area (Å²) in [7, 11) is -1.48. The molecule has 0 saturated heterocycles. The molecule has 0 amide bonds. The van der Waals surface area contributed by atoms with Crippen LogP contribution in [0.3, 0.4) is 0 Å². The lowest BCUT2D eigenvalue weighted by atomic mass is 9.94. The maximum Gasteiger partial charge on any atom is 0.241 e. The van der Waals surface area contributed by atoms with Crippen molar-refractivity contribution in [3.63, 3.8) is 0 Å². The molecule has 1 nitrogen and oxygen atoms in total. The molecule has 0 rings (SSSR count). The predicted octanol–water partition coefficient (Wildman–Crippen LogP) is 3.95. The molecular formula is C11H22OSi. The minimum atomic E-state index is -1.48. The van der Waals surface area contributed by atoms with Crippen molar-refractivity contribution < 1.29 is 4.43 Å². The Hall–Kier alpha value is -0.503. The van der Waals surface area contributed by atoms with Crippen LogP contribution in [0.2, 0.25) is 19.6 Å². The molecule has 0 aromatic carbocycles. The third kappa shape index (κ3) is 5.69. The van der Waals surface area contributed by atoms with Crippen LogP contribution in [0.25, 0.3) is 0 Å². The van der Waals surface area contributed by atoms with Crippen LogP contribution < -0.4 is 0 Å². The quantitative estimate of drug-likeness (QED) is 0.379. The molecule has 0 aromatic rings. The van der Waals surface area contributed by atoms with Gasteiger partial charge in [-0.05, 0) is 25.7 Å². The second-order valence-electron chi connectivity index (χ2n) is 5.23. The maximum absolute atomic E-state index is 5.97. The molecule has 0 spiro atoms. The van der Waals surface area contributed by atoms with Crippen LogP contribution in [0.1, 0.15) is 20.8 Å². The first kappa shape index (κ1) is 12.5. The Balaban J connectivity index is 4.67. The van der Waals surface area contributed by atoms with E-state index in [-0.39, 0.29) is 5.41 Å². The van der Waals surface area contributed by atoms with Crippen molar-refractivity contribution in [2.75, 3.05) is 0 Å². The van der Waals surface area contributed by atoms with Gasteiger partial charge in [0.1, 0.15) is 0 Å². The maximum atomic E-state index is 5.97. The number of hydrogen-bond donors (Lipinski definition) is 0. The second kappa shape index (κ2) is 4.14. The van der Waals surface area contributed by atoms with Crippen molar-refractivity contribution in [1.82, 2.24) is 0 Å². The molecule has 0 heterocycles. The molecule has 0 aliphatic rings. The highest BCUT2D eigenvalue weighted by atomic mass is 28.4. The van der Waals surface area contributed by atoms with E-state index in [4.69, 9.17) is 4.43 Å². The molecule has 0 aromatic heterocycles. The Kier molecular flexibility index (Phi) is 3.98. The van der Waals surface area contributed by atoms with E-state index in [0.29, 0.717) is 0 Å². The molecule has 0 radical (unpaired) electrons. The van der Waals surface area contributed by atoms with Crippen molar-refractivity contribution in [1.29, 1.82) is 0 Å². The van der Waals surface area contributed by atoms with Gasteiger partial charge in [-0.2, -0.15) is 0 Å². The smallest absolute Gasteiger partial charge is 0.241 e. The van der Waals surface area contributed by atoms with E-state index in [1.165, 1.54) is 0 Å². The largest absolute Gasteiger partial charge is 0.547 e. The van der Waals surface area contributed by atoms with Gasteiger partial charge in [0.15, 0.2) is 0 Å². The van der Waals surface area contributed by atoms with Crippen LogP contribution in [-0.2, 0) is 4.43 Å². The Bertz CT molecular complexity index is 203. The monoisotopic (exact) mass is 198 g/mol. The standard InChI is InChI=1S/C11H22OSi/c1-8-9-10(11(2,3)4)12-13(5,6)7/h8-9H,1H2,2-7H3/b10-9-. The molecule has 0 aliphatic heterocycles. The predicted molar refractivity (Wildman–Crippen MR) is 62.2 cm³/mol. The number of allylic oxidation sites excluding steroid dienone is 3. The summed E-state index contributed by atoms with van der Waals surface area (Å²) < 4.78 is 5.97. The number of rotatable bonds is 3. The summed E-state index contributed by atoms with van der Waals surface area (Å²) >= 11 is 0. The summed E-state index contributed by atoms with van der Waals surface area (Å²) in [6.07, 6.45) is 3.76. The van der Waals surface area contributed by atoms with Crippen molar-refractivity contribution in [3.8, 4) is 0 Å². The number of hydrogen-bond acceptors (Lipinski definition) is 1. The van der Waals surface area contributed by atoms with Crippen molar-refractivity contribution >= 4 is 8.32 Å². The Morgan fingerprint density at radius 1 is 1.23 bits per heavy atom. The van der Waals surface area contributed by atoms with Gasteiger partial charge in [-0.25, -0.2) is 0 Å². The fraction of sp³-hybridized carbons (Fsp3) is 0.636. The van der Waals surface area contributed by atoms with Gasteiger partial charge in [-0.3, -0.25) is 0 Å². The average Bonchev–Trinajstić information content (AvgIpc) is 1.81. The van der Waals surface area contributed by atoms with Crippen LogP contribution in [0.4, 0.5) is 0 Å². The molecule has 76 valence electrons. The molecule has 0 aliphatic carbocycles. The van der Waals surface area contributed by atoms with Gasteiger partial charge in [0.2, 0.25) is 8.32 Å². The van der Waals surface area contributed by atoms with E-state index in [9.17, 15) is 0 Å². The summed E-state index contributed by atoms with van der Waals surface area (Å²) in [5.41, 5.74) is 0.0778. The minimum absolute atomic E-state index is 0.0778. The highest BCUT2D eigenvalue weighted by Gasteiger charge is 2.24. The molecule has 0 bridgehead atoms. The highest BCUT2D eigenvalue weighted by molar-refractivity contribution is 6.70. The van der Waals surface area contributed by atoms with Crippen molar-refractivity contribution in [3.05, 3.63) is 24.5 Å². The zero-order valence-corrected chi connectivity index (χ0v) is 10.8. The lowest BCUT2D eigenvalue weighted by Crippen LogP contribution is -2.29. The third-order valence-electron chi connectivity index (χ3n) is 1.42. The lowest BCUT2D eigenvalue weighted by Gasteiger charge is -2.30. The molecule has 0 fully saturated rings. The molecule has 2 heteroatoms. The summed E-state index contributed by atoms with van der Waals surface area (Å²) in [6, 6.07) is 0. The van der Waals surface area contributed by atoms with Gasteiger partial charge < -0.3 is 4.43 Å². The molecule has 0 atom stereocenters. The van der Waals surface area contributed by atoms with E-state index in [1.54, 1.807) is 6.08 Å². The van der Waals surface area contributed by atoms with Gasteiger partial charge >= 0.3 is 0 Å². The van der Waals surface area contributed by atoms with E-state index >= 15 is 0 Å². The first-order valence-electron chi connectivity index (χ1n) is 4.69. The molecule has 0 unspecified atom stereocenters. The minimum Gasteiger partial charge on any atom is -0.547 e. The van der Waals surface area contributed by atoms with E-state index < -0.39 is 8.32 Å². The van der Waals surface area contributed by atoms with Crippen LogP contribution in [-0.4, -0.2) is 8.32 Å². The van der Waals surface area contributed by atoms with Gasteiger partial charge in [0.25, 0.3) is 0 Å². The summed E-state index contributed by atoms with van der Waals surface area (Å²) in [4.78, 5) is 0. The Labute approximate surface area is 83.6 Å². The van der Waals surface area contributed by atoms with Crippen molar-refractivity contribution in [2.24, 2.45) is 5.41 Å². The highest BCUT2D eigenvalue weighted by Crippen LogP contribution is 2.28. The SMILES string of the molecule is C=C/C=C(\O[Si](C)(C)C)C(C)(C)C. The first-order valence-corrected chi connectivity index (χ1v) is 8.10. The summed E-state index contributed by atoms with van der Waals surface area (Å²) in [5, 5.41) is 0. The Morgan fingerprint density at radius 3 is 1.92 bits per heavy atom. The third-order valence-corrected chi connectivity index (χ3v) is 2.26. The molecule has 0 saturated carbocycles. The van der Waals surface area contributed by atoms with E-state index in [1.807, 2.05) is 6.08 Å². The topological polar surface area (TPSA) is 9.23 Å².